The summed E-state index contributed by atoms with van der Waals surface area (Å²) in [5, 5.41) is 2.02. The molecular weight excluding hydrogens is 392 g/mol. The molecule has 0 spiro atoms. The molecule has 0 saturated carbocycles. The Balaban J connectivity index is 1.61. The molecule has 28 heavy (non-hydrogen) atoms. The molecule has 0 radical (unpaired) electrons. The molecule has 2 aliphatic heterocycles. The molecule has 0 N–H and O–H groups in total. The van der Waals surface area contributed by atoms with Gasteiger partial charge in [0.15, 0.2) is 0 Å². The van der Waals surface area contributed by atoms with E-state index in [1.54, 1.807) is 30.2 Å². The minimum Gasteiger partial charge on any atom is -0.496 e. The number of nitrogens with zero attached hydrogens (tertiary/aromatic N) is 2. The smallest absolute Gasteiger partial charge is 0.246 e. The highest BCUT2D eigenvalue weighted by atomic mass is 32.2. The summed E-state index contributed by atoms with van der Waals surface area (Å²) in [6.07, 6.45) is 1.35. The van der Waals surface area contributed by atoms with Gasteiger partial charge in [-0.15, -0.1) is 23.1 Å². The van der Waals surface area contributed by atoms with Gasteiger partial charge in [-0.1, -0.05) is 24.3 Å². The van der Waals surface area contributed by atoms with Gasteiger partial charge in [-0.3, -0.25) is 9.59 Å². The summed E-state index contributed by atoms with van der Waals surface area (Å²) in [6, 6.07) is 11.4. The van der Waals surface area contributed by atoms with Crippen molar-refractivity contribution >= 4 is 34.9 Å². The number of para-hydroxylation sites is 1. The minimum absolute atomic E-state index is 0.0192. The lowest BCUT2D eigenvalue weighted by Crippen LogP contribution is -2.51. The largest absolute Gasteiger partial charge is 0.496 e. The van der Waals surface area contributed by atoms with Crippen LogP contribution in [0.5, 0.6) is 5.75 Å². The van der Waals surface area contributed by atoms with Gasteiger partial charge in [0.2, 0.25) is 11.8 Å². The van der Waals surface area contributed by atoms with Crippen molar-refractivity contribution in [3.63, 3.8) is 0 Å². The molecule has 4 rings (SSSR count). The Labute approximate surface area is 173 Å². The van der Waals surface area contributed by atoms with E-state index < -0.39 is 0 Å². The molecule has 0 bridgehead atoms. The first kappa shape index (κ1) is 19.3. The number of rotatable bonds is 6. The van der Waals surface area contributed by atoms with Crippen LogP contribution in [0.15, 0.2) is 41.8 Å². The van der Waals surface area contributed by atoms with Gasteiger partial charge in [0.05, 0.1) is 18.5 Å². The summed E-state index contributed by atoms with van der Waals surface area (Å²) in [5.74, 6) is 1.55. The highest BCUT2D eigenvalue weighted by Crippen LogP contribution is 2.47. The lowest BCUT2D eigenvalue weighted by molar-refractivity contribution is -0.144. The second-order valence-corrected chi connectivity index (χ2v) is 9.88. The van der Waals surface area contributed by atoms with Gasteiger partial charge in [0.25, 0.3) is 0 Å². The zero-order chi connectivity index (χ0) is 19.7. The van der Waals surface area contributed by atoms with Crippen molar-refractivity contribution in [1.82, 2.24) is 9.80 Å². The summed E-state index contributed by atoms with van der Waals surface area (Å²) in [6.45, 7) is 3.08. The van der Waals surface area contributed by atoms with E-state index in [4.69, 9.17) is 4.74 Å². The summed E-state index contributed by atoms with van der Waals surface area (Å²) < 4.78 is 5.49. The number of thiophene rings is 1. The lowest BCUT2D eigenvalue weighted by atomic mass is 10.1. The number of hydrogen-bond donors (Lipinski definition) is 0. The first-order valence-electron chi connectivity index (χ1n) is 9.41. The van der Waals surface area contributed by atoms with Crippen molar-refractivity contribution in [3.05, 3.63) is 52.2 Å². The fourth-order valence-electron chi connectivity index (χ4n) is 4.06. The summed E-state index contributed by atoms with van der Waals surface area (Å²) >= 11 is 3.37. The van der Waals surface area contributed by atoms with Crippen molar-refractivity contribution in [1.29, 1.82) is 0 Å². The molecule has 5 nitrogen and oxygen atoms in total. The first-order chi connectivity index (χ1) is 13.5. The van der Waals surface area contributed by atoms with E-state index in [0.29, 0.717) is 25.3 Å². The molecular formula is C21H24N2O3S2. The van der Waals surface area contributed by atoms with Gasteiger partial charge in [0, 0.05) is 29.2 Å². The molecule has 2 amide bonds. The van der Waals surface area contributed by atoms with Gasteiger partial charge in [0.1, 0.15) is 11.8 Å². The molecule has 3 heterocycles. The van der Waals surface area contributed by atoms with Crippen LogP contribution in [-0.2, 0) is 22.7 Å². The number of thioether (sulfide) groups is 1. The fraction of sp³-hybridized carbons (Fsp3) is 0.429. The molecule has 2 atom stereocenters. The molecule has 0 unspecified atom stereocenters. The van der Waals surface area contributed by atoms with Gasteiger partial charge in [-0.2, -0.15) is 0 Å². The summed E-state index contributed by atoms with van der Waals surface area (Å²) in [5.41, 5.74) is 0.969. The molecule has 2 fully saturated rings. The lowest BCUT2D eigenvalue weighted by Gasteiger charge is -2.33. The van der Waals surface area contributed by atoms with Crippen LogP contribution in [0, 0.1) is 0 Å². The predicted molar refractivity (Wildman–Crippen MR) is 112 cm³/mol. The maximum absolute atomic E-state index is 13.6. The van der Waals surface area contributed by atoms with E-state index >= 15 is 0 Å². The number of hydrogen-bond acceptors (Lipinski definition) is 5. The second kappa shape index (κ2) is 7.79. The number of carbonyl (C=O) groups excluding carboxylic acids is 2. The molecule has 1 aromatic heterocycles. The third kappa shape index (κ3) is 3.53. The highest BCUT2D eigenvalue weighted by Gasteiger charge is 2.53. The number of benzene rings is 1. The second-order valence-electron chi connectivity index (χ2n) is 7.35. The number of carbonyl (C=O) groups is 2. The number of ether oxygens (including phenoxy) is 1. The van der Waals surface area contributed by atoms with E-state index in [1.165, 1.54) is 0 Å². The molecule has 0 aliphatic carbocycles. The van der Waals surface area contributed by atoms with Crippen LogP contribution in [-0.4, -0.2) is 45.4 Å². The van der Waals surface area contributed by atoms with Crippen molar-refractivity contribution < 1.29 is 14.3 Å². The quantitative estimate of drug-likeness (QED) is 0.720. The van der Waals surface area contributed by atoms with Gasteiger partial charge in [-0.25, -0.2) is 0 Å². The summed E-state index contributed by atoms with van der Waals surface area (Å²) in [7, 11) is 1.65. The fourth-order valence-corrected chi connectivity index (χ4v) is 6.20. The number of fused-ring (bicyclic) bond motifs is 1. The van der Waals surface area contributed by atoms with Crippen molar-refractivity contribution in [2.24, 2.45) is 0 Å². The normalized spacial score (nSPS) is 23.7. The average Bonchev–Trinajstić information content (AvgIpc) is 3.39. The Bertz CT molecular complexity index is 870. The topological polar surface area (TPSA) is 49.9 Å². The SMILES string of the molecule is COc1ccccc1CN(Cc1cccs1)C(=O)[C@@H]1CS[C@@]2(C)CCC(=O)N12. The minimum atomic E-state index is -0.389. The Morgan fingerprint density at radius 3 is 2.86 bits per heavy atom. The van der Waals surface area contributed by atoms with E-state index in [0.717, 1.165) is 22.6 Å². The zero-order valence-corrected chi connectivity index (χ0v) is 17.7. The Morgan fingerprint density at radius 1 is 1.29 bits per heavy atom. The van der Waals surface area contributed by atoms with Crippen LogP contribution in [0.4, 0.5) is 0 Å². The highest BCUT2D eigenvalue weighted by molar-refractivity contribution is 8.01. The summed E-state index contributed by atoms with van der Waals surface area (Å²) in [4.78, 5) is 30.7. The van der Waals surface area contributed by atoms with Crippen LogP contribution in [0.1, 0.15) is 30.2 Å². The molecule has 2 aromatic rings. The van der Waals surface area contributed by atoms with Crippen LogP contribution in [0.3, 0.4) is 0 Å². The molecule has 1 aromatic carbocycles. The Hall–Kier alpha value is -1.99. The molecule has 2 aliphatic rings. The van der Waals surface area contributed by atoms with Crippen LogP contribution < -0.4 is 4.74 Å². The standard InChI is InChI=1S/C21H24N2O3S2/c1-21-10-9-19(24)23(21)17(14-28-21)20(25)22(13-16-7-5-11-27-16)12-15-6-3-4-8-18(15)26-2/h3-8,11,17H,9-10,12-14H2,1-2H3/t17-,21-/m0/s1. The molecule has 2 saturated heterocycles. The van der Waals surface area contributed by atoms with E-state index in [-0.39, 0.29) is 22.7 Å². The van der Waals surface area contributed by atoms with E-state index in [9.17, 15) is 9.59 Å². The average molecular weight is 417 g/mol. The van der Waals surface area contributed by atoms with Gasteiger partial charge >= 0.3 is 0 Å². The maximum atomic E-state index is 13.6. The van der Waals surface area contributed by atoms with Crippen molar-refractivity contribution in [3.8, 4) is 5.75 Å². The predicted octanol–water partition coefficient (Wildman–Crippen LogP) is 3.74. The van der Waals surface area contributed by atoms with Gasteiger partial charge < -0.3 is 14.5 Å². The zero-order valence-electron chi connectivity index (χ0n) is 16.1. The molecule has 148 valence electrons. The monoisotopic (exact) mass is 416 g/mol. The van der Waals surface area contributed by atoms with Crippen LogP contribution in [0.25, 0.3) is 0 Å². The van der Waals surface area contributed by atoms with E-state index in [2.05, 4.69) is 6.92 Å². The van der Waals surface area contributed by atoms with Crippen LogP contribution >= 0.6 is 23.1 Å². The first-order valence-corrected chi connectivity index (χ1v) is 11.3. The Kier molecular flexibility index (Phi) is 5.38. The van der Waals surface area contributed by atoms with E-state index in [1.807, 2.05) is 51.6 Å². The van der Waals surface area contributed by atoms with Crippen molar-refractivity contribution in [2.75, 3.05) is 12.9 Å². The van der Waals surface area contributed by atoms with Gasteiger partial charge in [-0.05, 0) is 30.9 Å². The Morgan fingerprint density at radius 2 is 2.11 bits per heavy atom. The number of methoxy groups -OCH3 is 1. The third-order valence-corrected chi connectivity index (χ3v) is 7.89. The third-order valence-electron chi connectivity index (χ3n) is 5.52. The maximum Gasteiger partial charge on any atom is 0.246 e. The van der Waals surface area contributed by atoms with Crippen LogP contribution in [0.2, 0.25) is 0 Å². The molecule has 7 heteroatoms. The van der Waals surface area contributed by atoms with Crippen molar-refractivity contribution in [2.45, 2.75) is 43.8 Å². The number of amides is 2.